The molecule has 0 bridgehead atoms. The number of nitrogens with zero attached hydrogens (tertiary/aromatic N) is 1. The largest absolute Gasteiger partial charge is 0.337 e. The van der Waals surface area contributed by atoms with E-state index in [0.29, 0.717) is 14.5 Å². The highest BCUT2D eigenvalue weighted by molar-refractivity contribution is 8.00. The summed E-state index contributed by atoms with van der Waals surface area (Å²) in [5, 5.41) is 1.39. The van der Waals surface area contributed by atoms with Gasteiger partial charge < -0.3 is 4.90 Å². The second-order valence-electron chi connectivity index (χ2n) is 12.5. The van der Waals surface area contributed by atoms with Crippen LogP contribution >= 0.6 is 20.3 Å². The van der Waals surface area contributed by atoms with E-state index in [-0.39, 0.29) is 6.04 Å². The normalized spacial score (nSPS) is 11.8. The molecule has 1 nitrogen and oxygen atoms in total. The molecule has 260 valence electrons. The minimum Gasteiger partial charge on any atom is -0.337 e. The minimum atomic E-state index is 0.225. The van der Waals surface area contributed by atoms with Gasteiger partial charge in [0.05, 0.1) is 5.69 Å². The molecular formula is C47H56NPS. The highest BCUT2D eigenvalue weighted by Gasteiger charge is 2.28. The Morgan fingerprint density at radius 2 is 1.28 bits per heavy atom. The fourth-order valence-corrected chi connectivity index (χ4v) is 8.72. The molecule has 5 rings (SSSR count). The van der Waals surface area contributed by atoms with Crippen molar-refractivity contribution in [2.24, 2.45) is 0 Å². The fraction of sp³-hybridized carbons (Fsp3) is 0.234. The molecule has 5 aromatic carbocycles. The van der Waals surface area contributed by atoms with Crippen LogP contribution in [0.4, 0.5) is 11.4 Å². The maximum atomic E-state index is 4.24. The molecule has 0 amide bonds. The lowest BCUT2D eigenvalue weighted by molar-refractivity contribution is 0.594. The Hall–Kier alpha value is -4.10. The van der Waals surface area contributed by atoms with E-state index in [1.54, 1.807) is 0 Å². The first-order valence-electron chi connectivity index (χ1n) is 17.6. The summed E-state index contributed by atoms with van der Waals surface area (Å²) in [6.45, 7) is 32.5. The number of aryl methyl sites for hydroxylation is 3. The van der Waals surface area contributed by atoms with Gasteiger partial charge in [-0.25, -0.2) is 0 Å². The maximum Gasteiger partial charge on any atom is 0.0502 e. The first-order chi connectivity index (χ1) is 24.2. The number of hydrogen-bond acceptors (Lipinski definition) is 2. The van der Waals surface area contributed by atoms with Gasteiger partial charge in [0.2, 0.25) is 0 Å². The number of anilines is 2. The highest BCUT2D eigenvalue weighted by Crippen LogP contribution is 2.43. The van der Waals surface area contributed by atoms with E-state index < -0.39 is 0 Å². The molecule has 50 heavy (non-hydrogen) atoms. The zero-order chi connectivity index (χ0) is 36.8. The molecule has 0 heterocycles. The third kappa shape index (κ3) is 9.36. The summed E-state index contributed by atoms with van der Waals surface area (Å²) < 4.78 is 0. The Kier molecular flexibility index (Phi) is 16.1. The summed E-state index contributed by atoms with van der Waals surface area (Å²) in [7, 11) is 0.622. The number of hydrogen-bond donors (Lipinski definition) is 0. The van der Waals surface area contributed by atoms with E-state index in [0.717, 1.165) is 11.1 Å². The summed E-state index contributed by atoms with van der Waals surface area (Å²) in [6, 6.07) is 37.7. The van der Waals surface area contributed by atoms with Crippen molar-refractivity contribution in [3.8, 4) is 11.1 Å². The molecule has 3 unspecified atom stereocenters. The van der Waals surface area contributed by atoms with Gasteiger partial charge in [0.1, 0.15) is 0 Å². The summed E-state index contributed by atoms with van der Waals surface area (Å²) in [5.41, 5.74) is 12.5. The molecule has 0 aliphatic rings. The molecular weight excluding hydrogens is 642 g/mol. The van der Waals surface area contributed by atoms with Crippen molar-refractivity contribution in [3.63, 3.8) is 0 Å². The summed E-state index contributed by atoms with van der Waals surface area (Å²) in [4.78, 5) is 5.10. The van der Waals surface area contributed by atoms with Crippen molar-refractivity contribution in [3.05, 3.63) is 163 Å². The first-order valence-corrected chi connectivity index (χ1v) is 19.9. The number of para-hydroxylation sites is 1. The van der Waals surface area contributed by atoms with Gasteiger partial charge in [0.15, 0.2) is 0 Å². The SMILES string of the molecule is C=C.C=Cc1c(Sc2cc(C)cc(N(c3ccccc3C)C(C)C(C)c3ccccc3C)c2PC)ccc(-c2ccccc2)c1C=C.CCC. The highest BCUT2D eigenvalue weighted by atomic mass is 32.2. The molecule has 0 saturated carbocycles. The quantitative estimate of drug-likeness (QED) is 0.0998. The fourth-order valence-electron chi connectivity index (χ4n) is 6.36. The van der Waals surface area contributed by atoms with Crippen molar-refractivity contribution in [2.45, 2.75) is 76.6 Å². The molecule has 0 aliphatic carbocycles. The lowest BCUT2D eigenvalue weighted by atomic mass is 9.89. The molecule has 3 heteroatoms. The van der Waals surface area contributed by atoms with E-state index in [2.05, 4.69) is 189 Å². The summed E-state index contributed by atoms with van der Waals surface area (Å²) >= 11 is 1.85. The Balaban J connectivity index is 0.00000128. The van der Waals surface area contributed by atoms with Crippen LogP contribution in [0.3, 0.4) is 0 Å². The van der Waals surface area contributed by atoms with Crippen LogP contribution in [0.15, 0.2) is 139 Å². The Morgan fingerprint density at radius 3 is 1.86 bits per heavy atom. The number of benzene rings is 5. The molecule has 0 radical (unpaired) electrons. The predicted octanol–water partition coefficient (Wildman–Crippen LogP) is 14.2. The Morgan fingerprint density at radius 1 is 0.700 bits per heavy atom. The standard InChI is InChI=1S/C42H44NPS.C3H8.C2H4/c1-9-34-35(10-2)40(25-24-37(34)33-20-12-11-13-21-33)45-41-27-28(3)26-39(42(41)44-8)43(38-23-17-15-19-30(38)5)32(7)31(6)36-22-16-14-18-29(36)4;1-3-2;1-2/h9-27,31-32,44H,1-2H2,3-8H3;3H2,1-2H3;1-2H2. The van der Waals surface area contributed by atoms with E-state index in [4.69, 9.17) is 0 Å². The van der Waals surface area contributed by atoms with Crippen LogP contribution in [0, 0.1) is 20.8 Å². The van der Waals surface area contributed by atoms with Gasteiger partial charge >= 0.3 is 0 Å². The first kappa shape index (κ1) is 40.3. The van der Waals surface area contributed by atoms with Gasteiger partial charge in [-0.2, -0.15) is 0 Å². The molecule has 0 N–H and O–H groups in total. The molecule has 0 fully saturated rings. The predicted molar refractivity (Wildman–Crippen MR) is 231 cm³/mol. The summed E-state index contributed by atoms with van der Waals surface area (Å²) in [5.74, 6) is 0.323. The van der Waals surface area contributed by atoms with Crippen molar-refractivity contribution in [1.29, 1.82) is 0 Å². The van der Waals surface area contributed by atoms with Gasteiger partial charge in [-0.15, -0.1) is 13.2 Å². The van der Waals surface area contributed by atoms with Crippen LogP contribution in [-0.4, -0.2) is 12.7 Å². The van der Waals surface area contributed by atoms with Crippen LogP contribution < -0.4 is 10.2 Å². The van der Waals surface area contributed by atoms with E-state index in [9.17, 15) is 0 Å². The van der Waals surface area contributed by atoms with Crippen molar-refractivity contribution < 1.29 is 0 Å². The molecule has 0 saturated heterocycles. The second kappa shape index (κ2) is 19.9. The van der Waals surface area contributed by atoms with Crippen molar-refractivity contribution in [1.82, 2.24) is 0 Å². The molecule has 0 aromatic heterocycles. The Bertz CT molecular complexity index is 1860. The van der Waals surface area contributed by atoms with E-state index >= 15 is 0 Å². The third-order valence-corrected chi connectivity index (χ3v) is 11.2. The monoisotopic (exact) mass is 697 g/mol. The van der Waals surface area contributed by atoms with E-state index in [1.807, 2.05) is 23.9 Å². The zero-order valence-electron chi connectivity index (χ0n) is 31.5. The maximum absolute atomic E-state index is 4.24. The van der Waals surface area contributed by atoms with Crippen LogP contribution in [0.1, 0.15) is 73.4 Å². The third-order valence-electron chi connectivity index (χ3n) is 8.88. The van der Waals surface area contributed by atoms with Crippen LogP contribution in [0.5, 0.6) is 0 Å². The topological polar surface area (TPSA) is 3.24 Å². The zero-order valence-corrected chi connectivity index (χ0v) is 33.3. The average molecular weight is 698 g/mol. The minimum absolute atomic E-state index is 0.225. The number of rotatable bonds is 11. The van der Waals surface area contributed by atoms with Crippen LogP contribution in [0.2, 0.25) is 0 Å². The van der Waals surface area contributed by atoms with Crippen LogP contribution in [-0.2, 0) is 0 Å². The Labute approximate surface area is 310 Å². The van der Waals surface area contributed by atoms with Gasteiger partial charge in [-0.05, 0) is 103 Å². The molecule has 3 atom stereocenters. The van der Waals surface area contributed by atoms with Gasteiger partial charge in [0.25, 0.3) is 0 Å². The average Bonchev–Trinajstić information content (AvgIpc) is 3.13. The van der Waals surface area contributed by atoms with Crippen molar-refractivity contribution >= 4 is 49.2 Å². The van der Waals surface area contributed by atoms with Crippen molar-refractivity contribution in [2.75, 3.05) is 11.6 Å². The smallest absolute Gasteiger partial charge is 0.0502 e. The lowest BCUT2D eigenvalue weighted by Gasteiger charge is -2.38. The van der Waals surface area contributed by atoms with Gasteiger partial charge in [-0.1, -0.05) is 152 Å². The lowest BCUT2D eigenvalue weighted by Crippen LogP contribution is -2.36. The van der Waals surface area contributed by atoms with Crippen LogP contribution in [0.25, 0.3) is 23.3 Å². The van der Waals surface area contributed by atoms with Gasteiger partial charge in [-0.3, -0.25) is 0 Å². The molecule has 0 spiro atoms. The molecule has 0 aliphatic heterocycles. The molecule has 5 aromatic rings. The van der Waals surface area contributed by atoms with Gasteiger partial charge in [0, 0.05) is 32.7 Å². The van der Waals surface area contributed by atoms with E-state index in [1.165, 1.54) is 66.3 Å². The summed E-state index contributed by atoms with van der Waals surface area (Å²) in [6.07, 6.45) is 5.21. The second-order valence-corrected chi connectivity index (χ2v) is 14.6.